The summed E-state index contributed by atoms with van der Waals surface area (Å²) in [7, 11) is 0. The minimum absolute atomic E-state index is 0.0486. The van der Waals surface area contributed by atoms with Crippen LogP contribution in [0.2, 0.25) is 0 Å². The third-order valence-electron chi connectivity index (χ3n) is 2.82. The molecule has 7 heteroatoms. The van der Waals surface area contributed by atoms with Crippen LogP contribution in [-0.4, -0.2) is 40.5 Å². The molecule has 18 heavy (non-hydrogen) atoms. The van der Waals surface area contributed by atoms with Crippen molar-refractivity contribution in [3.63, 3.8) is 0 Å². The largest absolute Gasteiger partial charge is 0.432 e. The van der Waals surface area contributed by atoms with Gasteiger partial charge in [-0.1, -0.05) is 0 Å². The van der Waals surface area contributed by atoms with Crippen LogP contribution in [0.4, 0.5) is 10.8 Å². The molecule has 1 aliphatic rings. The highest BCUT2D eigenvalue weighted by Gasteiger charge is 2.33. The molecule has 0 radical (unpaired) electrons. The first-order valence-electron chi connectivity index (χ1n) is 5.85. The van der Waals surface area contributed by atoms with Gasteiger partial charge in [0.2, 0.25) is 5.91 Å². The lowest BCUT2D eigenvalue weighted by Crippen LogP contribution is -2.44. The second-order valence-corrected chi connectivity index (χ2v) is 4.40. The van der Waals surface area contributed by atoms with Gasteiger partial charge in [0.1, 0.15) is 12.3 Å². The molecule has 1 aromatic heterocycles. The molecule has 0 unspecified atom stereocenters. The number of oxazole rings is 1. The van der Waals surface area contributed by atoms with Crippen molar-refractivity contribution in [2.45, 2.75) is 32.4 Å². The molecule has 0 bridgehead atoms. The predicted molar refractivity (Wildman–Crippen MR) is 63.9 cm³/mol. The molecule has 2 heterocycles. The number of urea groups is 1. The van der Waals surface area contributed by atoms with Crippen molar-refractivity contribution in [2.75, 3.05) is 11.9 Å². The van der Waals surface area contributed by atoms with Gasteiger partial charge in [0, 0.05) is 12.6 Å². The number of carbonyl (C=O) groups is 2. The van der Waals surface area contributed by atoms with Crippen LogP contribution in [0.25, 0.3) is 0 Å². The van der Waals surface area contributed by atoms with Crippen LogP contribution in [-0.2, 0) is 4.79 Å². The van der Waals surface area contributed by atoms with Gasteiger partial charge in [0.25, 0.3) is 0 Å². The van der Waals surface area contributed by atoms with Crippen molar-refractivity contribution in [1.29, 1.82) is 0 Å². The minimum Gasteiger partial charge on any atom is -0.432 e. The van der Waals surface area contributed by atoms with Crippen LogP contribution in [0.5, 0.6) is 0 Å². The number of nitrogens with zero attached hydrogens (tertiary/aromatic N) is 2. The van der Waals surface area contributed by atoms with E-state index >= 15 is 0 Å². The van der Waals surface area contributed by atoms with Crippen LogP contribution >= 0.6 is 0 Å². The number of amides is 3. The van der Waals surface area contributed by atoms with Crippen LogP contribution in [0.15, 0.2) is 16.9 Å². The zero-order valence-electron chi connectivity index (χ0n) is 10.3. The normalized spacial score (nSPS) is 19.4. The number of carbonyl (C=O) groups excluding carboxylic acids is 2. The summed E-state index contributed by atoms with van der Waals surface area (Å²) in [5.74, 6) is -0.0486. The summed E-state index contributed by atoms with van der Waals surface area (Å²) >= 11 is 0. The second kappa shape index (κ2) is 5.07. The fraction of sp³-hybridized carbons (Fsp3) is 0.545. The number of anilines is 1. The molecule has 1 saturated heterocycles. The molecule has 98 valence electrons. The summed E-state index contributed by atoms with van der Waals surface area (Å²) in [5, 5.41) is 5.03. The van der Waals surface area contributed by atoms with E-state index < -0.39 is 12.1 Å². The zero-order valence-corrected chi connectivity index (χ0v) is 10.3. The maximum atomic E-state index is 11.9. The van der Waals surface area contributed by atoms with Gasteiger partial charge >= 0.3 is 12.0 Å². The highest BCUT2D eigenvalue weighted by atomic mass is 16.4. The fourth-order valence-corrected chi connectivity index (χ4v) is 1.93. The summed E-state index contributed by atoms with van der Waals surface area (Å²) in [6.07, 6.45) is 3.41. The van der Waals surface area contributed by atoms with Crippen LogP contribution in [0, 0.1) is 0 Å². The van der Waals surface area contributed by atoms with E-state index in [9.17, 15) is 9.59 Å². The van der Waals surface area contributed by atoms with Crippen LogP contribution in [0.3, 0.4) is 0 Å². The Hall–Kier alpha value is -2.05. The lowest BCUT2D eigenvalue weighted by molar-refractivity contribution is -0.130. The number of aromatic nitrogens is 1. The molecule has 0 saturated carbocycles. The first-order valence-corrected chi connectivity index (χ1v) is 5.85. The molecule has 3 amide bonds. The summed E-state index contributed by atoms with van der Waals surface area (Å²) in [5.41, 5.74) is 0. The Labute approximate surface area is 105 Å². The molecule has 2 rings (SSSR count). The second-order valence-electron chi connectivity index (χ2n) is 4.40. The highest BCUT2D eigenvalue weighted by molar-refractivity contribution is 5.93. The minimum atomic E-state index is -0.485. The Balaban J connectivity index is 1.87. The van der Waals surface area contributed by atoms with Crippen molar-refractivity contribution in [1.82, 2.24) is 15.2 Å². The Bertz CT molecular complexity index is 430. The summed E-state index contributed by atoms with van der Waals surface area (Å²) in [6.45, 7) is 4.57. The van der Waals surface area contributed by atoms with Gasteiger partial charge in [-0.2, -0.15) is 0 Å². The van der Waals surface area contributed by atoms with Gasteiger partial charge in [0.05, 0.1) is 6.20 Å². The van der Waals surface area contributed by atoms with Gasteiger partial charge in [-0.15, -0.1) is 0 Å². The maximum Gasteiger partial charge on any atom is 0.323 e. The third-order valence-corrected chi connectivity index (χ3v) is 2.82. The monoisotopic (exact) mass is 252 g/mol. The molecule has 0 aliphatic carbocycles. The SMILES string of the molecule is CC(C)N1CC[C@H](NC(=O)Nc2ncco2)C1=O. The number of nitrogens with one attached hydrogen (secondary N) is 2. The molecular formula is C11H16N4O3. The summed E-state index contributed by atoms with van der Waals surface area (Å²) in [6, 6.07) is -0.693. The average molecular weight is 252 g/mol. The molecule has 1 aromatic rings. The Morgan fingerprint density at radius 3 is 2.94 bits per heavy atom. The summed E-state index contributed by atoms with van der Waals surface area (Å²) < 4.78 is 4.88. The molecule has 7 nitrogen and oxygen atoms in total. The van der Waals surface area contributed by atoms with E-state index in [2.05, 4.69) is 15.6 Å². The Morgan fingerprint density at radius 2 is 2.39 bits per heavy atom. The number of likely N-dealkylation sites (tertiary alicyclic amines) is 1. The molecular weight excluding hydrogens is 236 g/mol. The van der Waals surface area contributed by atoms with E-state index in [1.54, 1.807) is 4.90 Å². The van der Waals surface area contributed by atoms with Crippen LogP contribution < -0.4 is 10.6 Å². The van der Waals surface area contributed by atoms with E-state index in [4.69, 9.17) is 4.42 Å². The lowest BCUT2D eigenvalue weighted by Gasteiger charge is -2.21. The van der Waals surface area contributed by atoms with Gasteiger partial charge in [0.15, 0.2) is 0 Å². The maximum absolute atomic E-state index is 11.9. The van der Waals surface area contributed by atoms with Crippen molar-refractivity contribution in [3.05, 3.63) is 12.5 Å². The van der Waals surface area contributed by atoms with Crippen molar-refractivity contribution >= 4 is 18.0 Å². The zero-order chi connectivity index (χ0) is 13.1. The number of hydrogen-bond donors (Lipinski definition) is 2. The van der Waals surface area contributed by atoms with Gasteiger partial charge in [-0.05, 0) is 20.3 Å². The molecule has 1 atom stereocenters. The first kappa shape index (κ1) is 12.4. The number of rotatable bonds is 3. The molecule has 1 fully saturated rings. The van der Waals surface area contributed by atoms with E-state index in [1.165, 1.54) is 12.5 Å². The first-order chi connectivity index (χ1) is 8.58. The Morgan fingerprint density at radius 1 is 1.61 bits per heavy atom. The topological polar surface area (TPSA) is 87.5 Å². The highest BCUT2D eigenvalue weighted by Crippen LogP contribution is 2.14. The third kappa shape index (κ3) is 2.61. The smallest absolute Gasteiger partial charge is 0.323 e. The standard InChI is InChI=1S/C11H16N4O3/c1-7(2)15-5-3-8(9(15)16)13-10(17)14-11-12-4-6-18-11/h4,6-8H,3,5H2,1-2H3,(H2,12,13,14,17)/t8-/m0/s1. The number of hydrogen-bond acceptors (Lipinski definition) is 4. The van der Waals surface area contributed by atoms with Crippen molar-refractivity contribution < 1.29 is 14.0 Å². The Kier molecular flexibility index (Phi) is 3.50. The quantitative estimate of drug-likeness (QED) is 0.833. The van der Waals surface area contributed by atoms with E-state index in [0.717, 1.165) is 0 Å². The van der Waals surface area contributed by atoms with E-state index in [0.29, 0.717) is 13.0 Å². The van der Waals surface area contributed by atoms with Gasteiger partial charge < -0.3 is 14.6 Å². The summed E-state index contributed by atoms with van der Waals surface area (Å²) in [4.78, 5) is 29.0. The molecule has 0 spiro atoms. The average Bonchev–Trinajstić information content (AvgIpc) is 2.90. The lowest BCUT2D eigenvalue weighted by atomic mass is 10.2. The predicted octanol–water partition coefficient (Wildman–Crippen LogP) is 0.805. The van der Waals surface area contributed by atoms with Crippen molar-refractivity contribution in [2.24, 2.45) is 0 Å². The molecule has 1 aliphatic heterocycles. The van der Waals surface area contributed by atoms with Crippen molar-refractivity contribution in [3.8, 4) is 0 Å². The van der Waals surface area contributed by atoms with E-state index in [1.807, 2.05) is 13.8 Å². The van der Waals surface area contributed by atoms with Gasteiger partial charge in [-0.3, -0.25) is 10.1 Å². The van der Waals surface area contributed by atoms with Crippen LogP contribution in [0.1, 0.15) is 20.3 Å². The molecule has 0 aromatic carbocycles. The van der Waals surface area contributed by atoms with Gasteiger partial charge in [-0.25, -0.2) is 9.78 Å². The fourth-order valence-electron chi connectivity index (χ4n) is 1.93. The molecule has 2 N–H and O–H groups in total. The van der Waals surface area contributed by atoms with E-state index in [-0.39, 0.29) is 18.0 Å².